The lowest BCUT2D eigenvalue weighted by Gasteiger charge is -2.18. The molecule has 3 aromatic carbocycles. The highest BCUT2D eigenvalue weighted by Crippen LogP contribution is 2.40. The molecule has 0 saturated carbocycles. The van der Waals surface area contributed by atoms with Crippen LogP contribution in [0.4, 0.5) is 20.2 Å². The minimum atomic E-state index is -0.966. The van der Waals surface area contributed by atoms with Crippen LogP contribution < -0.4 is 10.2 Å². The van der Waals surface area contributed by atoms with Crippen molar-refractivity contribution in [3.63, 3.8) is 0 Å². The van der Waals surface area contributed by atoms with E-state index in [9.17, 15) is 18.4 Å². The lowest BCUT2D eigenvalue weighted by atomic mass is 10.0. The van der Waals surface area contributed by atoms with Gasteiger partial charge in [-0.25, -0.2) is 8.78 Å². The lowest BCUT2D eigenvalue weighted by Crippen LogP contribution is -2.25. The molecule has 5 rings (SSSR count). The van der Waals surface area contributed by atoms with Crippen molar-refractivity contribution in [2.75, 3.05) is 10.2 Å². The average molecular weight is 484 g/mol. The summed E-state index contributed by atoms with van der Waals surface area (Å²) in [5.74, 6) is -2.44. The molecule has 2 amide bonds. The van der Waals surface area contributed by atoms with E-state index >= 15 is 0 Å². The van der Waals surface area contributed by atoms with Gasteiger partial charge in [0, 0.05) is 28.2 Å². The molecule has 0 saturated heterocycles. The van der Waals surface area contributed by atoms with E-state index in [2.05, 4.69) is 10.3 Å². The van der Waals surface area contributed by atoms with Gasteiger partial charge in [-0.2, -0.15) is 0 Å². The molecule has 1 aliphatic rings. The Balaban J connectivity index is 1.54. The summed E-state index contributed by atoms with van der Waals surface area (Å²) in [4.78, 5) is 31.1. The quantitative estimate of drug-likeness (QED) is 0.330. The van der Waals surface area contributed by atoms with Crippen LogP contribution in [0.3, 0.4) is 0 Å². The minimum Gasteiger partial charge on any atom is -0.359 e. The van der Waals surface area contributed by atoms with Gasteiger partial charge in [0.05, 0.1) is 17.8 Å². The van der Waals surface area contributed by atoms with Gasteiger partial charge in [0.1, 0.15) is 0 Å². The Bertz CT molecular complexity index is 1520. The third-order valence-electron chi connectivity index (χ3n) is 6.15. The number of nitrogens with one attached hydrogen (secondary N) is 2. The van der Waals surface area contributed by atoms with Crippen LogP contribution in [-0.4, -0.2) is 16.8 Å². The summed E-state index contributed by atoms with van der Waals surface area (Å²) < 4.78 is 27.3. The van der Waals surface area contributed by atoms with Crippen LogP contribution in [0.1, 0.15) is 38.4 Å². The van der Waals surface area contributed by atoms with Crippen molar-refractivity contribution in [3.8, 4) is 0 Å². The zero-order chi connectivity index (χ0) is 25.4. The largest absolute Gasteiger partial charge is 0.359 e. The Hall–Kier alpha value is -4.52. The first-order valence-corrected chi connectivity index (χ1v) is 11.4. The molecule has 2 heterocycles. The van der Waals surface area contributed by atoms with E-state index in [4.69, 9.17) is 0 Å². The normalized spacial score (nSPS) is 13.8. The molecule has 7 heteroatoms. The number of nitrogens with zero attached hydrogens (tertiary/aromatic N) is 1. The molecular weight excluding hydrogens is 460 g/mol. The summed E-state index contributed by atoms with van der Waals surface area (Å²) >= 11 is 0. The second kappa shape index (κ2) is 9.26. The number of anilines is 2. The van der Waals surface area contributed by atoms with Gasteiger partial charge in [-0.1, -0.05) is 24.3 Å². The molecule has 180 valence electrons. The molecule has 0 spiro atoms. The predicted molar refractivity (Wildman–Crippen MR) is 137 cm³/mol. The van der Waals surface area contributed by atoms with E-state index in [0.29, 0.717) is 33.6 Å². The molecule has 0 bridgehead atoms. The SMILES string of the molecule is Cc1cc(C)c(/C=C2\C(=O)N(Cc3ccc(F)c(F)c3)c3ccc(NC(=O)c4ccccc4)cc32)[nH]1. The lowest BCUT2D eigenvalue weighted by molar-refractivity contribution is -0.113. The number of aromatic nitrogens is 1. The molecule has 0 fully saturated rings. The van der Waals surface area contributed by atoms with E-state index in [1.807, 2.05) is 26.0 Å². The van der Waals surface area contributed by atoms with Crippen LogP contribution in [0.5, 0.6) is 0 Å². The number of aryl methyl sites for hydroxylation is 2. The van der Waals surface area contributed by atoms with Crippen molar-refractivity contribution in [1.82, 2.24) is 4.98 Å². The Morgan fingerprint density at radius 3 is 2.44 bits per heavy atom. The number of H-pyrrole nitrogens is 1. The molecule has 1 aromatic heterocycles. The number of fused-ring (bicyclic) bond motifs is 1. The fraction of sp³-hybridized carbons (Fsp3) is 0.103. The van der Waals surface area contributed by atoms with E-state index in [1.54, 1.807) is 48.5 Å². The molecule has 0 atom stereocenters. The molecule has 0 unspecified atom stereocenters. The highest BCUT2D eigenvalue weighted by Gasteiger charge is 2.33. The van der Waals surface area contributed by atoms with Gasteiger partial charge in [-0.15, -0.1) is 0 Å². The predicted octanol–water partition coefficient (Wildman–Crippen LogP) is 6.25. The Labute approximate surface area is 207 Å². The van der Waals surface area contributed by atoms with E-state index < -0.39 is 11.6 Å². The number of hydrogen-bond acceptors (Lipinski definition) is 2. The van der Waals surface area contributed by atoms with Crippen molar-refractivity contribution in [1.29, 1.82) is 0 Å². The molecule has 36 heavy (non-hydrogen) atoms. The number of benzene rings is 3. The number of rotatable bonds is 5. The smallest absolute Gasteiger partial charge is 0.259 e. The van der Waals surface area contributed by atoms with Crippen molar-refractivity contribution in [3.05, 3.63) is 118 Å². The number of carbonyl (C=O) groups is 2. The highest BCUT2D eigenvalue weighted by atomic mass is 19.2. The summed E-state index contributed by atoms with van der Waals surface area (Å²) in [6.07, 6.45) is 1.79. The maximum absolute atomic E-state index is 13.8. The summed E-state index contributed by atoms with van der Waals surface area (Å²) in [5.41, 5.74) is 5.97. The number of carbonyl (C=O) groups excluding carboxylic acids is 2. The Morgan fingerprint density at radius 1 is 0.972 bits per heavy atom. The van der Waals surface area contributed by atoms with Crippen LogP contribution in [0, 0.1) is 25.5 Å². The van der Waals surface area contributed by atoms with Gasteiger partial charge < -0.3 is 15.2 Å². The number of aromatic amines is 1. The topological polar surface area (TPSA) is 65.2 Å². The first kappa shape index (κ1) is 23.2. The van der Waals surface area contributed by atoms with Gasteiger partial charge >= 0.3 is 0 Å². The highest BCUT2D eigenvalue weighted by molar-refractivity contribution is 6.36. The molecule has 0 radical (unpaired) electrons. The first-order chi connectivity index (χ1) is 17.3. The van der Waals surface area contributed by atoms with E-state index in [1.165, 1.54) is 11.0 Å². The summed E-state index contributed by atoms with van der Waals surface area (Å²) in [6, 6.07) is 19.7. The first-order valence-electron chi connectivity index (χ1n) is 11.4. The van der Waals surface area contributed by atoms with Gasteiger partial charge in [-0.3, -0.25) is 9.59 Å². The molecule has 2 N–H and O–H groups in total. The van der Waals surface area contributed by atoms with Crippen molar-refractivity contribution >= 4 is 34.8 Å². The van der Waals surface area contributed by atoms with Crippen LogP contribution in [0.15, 0.2) is 72.8 Å². The molecule has 0 aliphatic carbocycles. The number of hydrogen-bond donors (Lipinski definition) is 2. The van der Waals surface area contributed by atoms with Crippen molar-refractivity contribution in [2.45, 2.75) is 20.4 Å². The van der Waals surface area contributed by atoms with Crippen LogP contribution in [-0.2, 0) is 11.3 Å². The van der Waals surface area contributed by atoms with Gasteiger partial charge in [-0.05, 0) is 79.6 Å². The molecule has 1 aliphatic heterocycles. The number of halogens is 2. The van der Waals surface area contributed by atoms with E-state index in [0.717, 1.165) is 29.1 Å². The van der Waals surface area contributed by atoms with Crippen LogP contribution in [0.25, 0.3) is 11.6 Å². The summed E-state index contributed by atoms with van der Waals surface area (Å²) in [7, 11) is 0. The zero-order valence-electron chi connectivity index (χ0n) is 19.7. The van der Waals surface area contributed by atoms with Crippen LogP contribution in [0.2, 0.25) is 0 Å². The third kappa shape index (κ3) is 4.43. The van der Waals surface area contributed by atoms with Crippen LogP contribution >= 0.6 is 0 Å². The maximum Gasteiger partial charge on any atom is 0.259 e. The van der Waals surface area contributed by atoms with Gasteiger partial charge in [0.25, 0.3) is 11.8 Å². The standard InChI is InChI=1S/C29H23F2N3O2/c1-17-12-18(2)32-26(17)15-23-22-14-21(33-28(35)20-6-4-3-5-7-20)9-11-27(22)34(29(23)36)16-19-8-10-24(30)25(31)13-19/h3-15,32H,16H2,1-2H3,(H,33,35)/b23-15-. The van der Waals surface area contributed by atoms with Crippen molar-refractivity contribution in [2.24, 2.45) is 0 Å². The van der Waals surface area contributed by atoms with Gasteiger partial charge in [0.2, 0.25) is 0 Å². The number of amides is 2. The summed E-state index contributed by atoms with van der Waals surface area (Å²) in [6.45, 7) is 3.96. The zero-order valence-corrected chi connectivity index (χ0v) is 19.7. The molecule has 4 aromatic rings. The van der Waals surface area contributed by atoms with Gasteiger partial charge in [0.15, 0.2) is 11.6 Å². The summed E-state index contributed by atoms with van der Waals surface area (Å²) in [5, 5.41) is 2.89. The second-order valence-electron chi connectivity index (χ2n) is 8.80. The average Bonchev–Trinajstić information content (AvgIpc) is 3.32. The fourth-order valence-electron chi connectivity index (χ4n) is 4.39. The second-order valence-corrected chi connectivity index (χ2v) is 8.80. The Morgan fingerprint density at radius 2 is 1.75 bits per heavy atom. The monoisotopic (exact) mass is 483 g/mol. The minimum absolute atomic E-state index is 0.0683. The van der Waals surface area contributed by atoms with E-state index in [-0.39, 0.29) is 18.4 Å². The molecular formula is C29H23F2N3O2. The third-order valence-corrected chi connectivity index (χ3v) is 6.15. The maximum atomic E-state index is 13.8. The Kier molecular flexibility index (Phi) is 5.98. The molecule has 5 nitrogen and oxygen atoms in total. The van der Waals surface area contributed by atoms with Crippen molar-refractivity contribution < 1.29 is 18.4 Å². The fourth-order valence-corrected chi connectivity index (χ4v) is 4.39.